The summed E-state index contributed by atoms with van der Waals surface area (Å²) in [5.41, 5.74) is 1.03. The Kier molecular flexibility index (Phi) is 5.04. The van der Waals surface area contributed by atoms with E-state index in [9.17, 15) is 14.7 Å². The maximum absolute atomic E-state index is 12.0. The van der Waals surface area contributed by atoms with Gasteiger partial charge < -0.3 is 29.6 Å². The van der Waals surface area contributed by atoms with Crippen molar-refractivity contribution in [2.24, 2.45) is 0 Å². The lowest BCUT2D eigenvalue weighted by atomic mass is 10.1. The van der Waals surface area contributed by atoms with Crippen LogP contribution in [-0.4, -0.2) is 52.7 Å². The zero-order chi connectivity index (χ0) is 22.1. The third kappa shape index (κ3) is 4.04. The monoisotopic (exact) mass is 422 g/mol. The van der Waals surface area contributed by atoms with Crippen molar-refractivity contribution in [1.29, 1.82) is 0 Å². The van der Waals surface area contributed by atoms with E-state index in [2.05, 4.69) is 15.3 Å². The summed E-state index contributed by atoms with van der Waals surface area (Å²) >= 11 is 0. The number of oxazole rings is 1. The third-order valence-corrected chi connectivity index (χ3v) is 4.42. The van der Waals surface area contributed by atoms with Crippen molar-refractivity contribution in [2.75, 3.05) is 25.5 Å². The highest BCUT2D eigenvalue weighted by Crippen LogP contribution is 2.32. The van der Waals surface area contributed by atoms with E-state index in [1.807, 2.05) is 14.1 Å². The first-order valence-corrected chi connectivity index (χ1v) is 9.19. The maximum atomic E-state index is 12.0. The molecule has 158 valence electrons. The van der Waals surface area contributed by atoms with Crippen molar-refractivity contribution in [3.63, 3.8) is 0 Å². The van der Waals surface area contributed by atoms with Crippen LogP contribution in [0.15, 0.2) is 47.0 Å². The number of carboxylic acids is 1. The number of hydrogen-bond acceptors (Lipinski definition) is 8. The van der Waals surface area contributed by atoms with E-state index < -0.39 is 18.4 Å². The number of carboxylic acid groups (broad SMARTS) is 1. The van der Waals surface area contributed by atoms with Crippen LogP contribution in [0, 0.1) is 0 Å². The van der Waals surface area contributed by atoms with E-state index in [0.29, 0.717) is 39.4 Å². The van der Waals surface area contributed by atoms with Gasteiger partial charge in [0.15, 0.2) is 17.0 Å². The largest absolute Gasteiger partial charge is 0.505 e. The molecule has 0 bridgehead atoms. The number of benzene rings is 2. The Morgan fingerprint density at radius 3 is 2.65 bits per heavy atom. The van der Waals surface area contributed by atoms with Crippen molar-refractivity contribution in [3.05, 3.63) is 48.3 Å². The number of aromatic nitrogens is 2. The van der Waals surface area contributed by atoms with Gasteiger partial charge in [0.1, 0.15) is 23.6 Å². The summed E-state index contributed by atoms with van der Waals surface area (Å²) in [5, 5.41) is 22.2. The van der Waals surface area contributed by atoms with Crippen molar-refractivity contribution in [1.82, 2.24) is 15.3 Å². The Hall–Kier alpha value is -4.34. The number of carbonyl (C=O) groups excluding carboxylic acids is 1. The molecule has 0 aliphatic rings. The van der Waals surface area contributed by atoms with Crippen LogP contribution >= 0.6 is 0 Å². The lowest BCUT2D eigenvalue weighted by Crippen LogP contribution is -2.29. The van der Waals surface area contributed by atoms with E-state index in [4.69, 9.17) is 14.3 Å². The number of anilines is 1. The van der Waals surface area contributed by atoms with Gasteiger partial charge in [-0.25, -0.2) is 4.98 Å². The first-order chi connectivity index (χ1) is 14.8. The second-order valence-electron chi connectivity index (χ2n) is 6.90. The number of carbonyl (C=O) groups is 2. The predicted octanol–water partition coefficient (Wildman–Crippen LogP) is 2.75. The van der Waals surface area contributed by atoms with E-state index in [1.165, 1.54) is 6.20 Å². The SMILES string of the molecule is CN(C)c1nc2cc(Oc3ccc4c(O)c(C(=O)NCC(=O)O)ncc4c3)ccc2o1. The number of aliphatic carboxylic acids is 1. The summed E-state index contributed by atoms with van der Waals surface area (Å²) in [7, 11) is 3.67. The van der Waals surface area contributed by atoms with E-state index in [-0.39, 0.29) is 11.4 Å². The van der Waals surface area contributed by atoms with Crippen molar-refractivity contribution < 1.29 is 29.0 Å². The Balaban J connectivity index is 1.59. The molecule has 0 atom stereocenters. The molecule has 1 amide bonds. The predicted molar refractivity (Wildman–Crippen MR) is 112 cm³/mol. The summed E-state index contributed by atoms with van der Waals surface area (Å²) in [4.78, 5) is 32.7. The summed E-state index contributed by atoms with van der Waals surface area (Å²) < 4.78 is 11.5. The number of fused-ring (bicyclic) bond motifs is 2. The smallest absolute Gasteiger partial charge is 0.322 e. The van der Waals surface area contributed by atoms with Crippen LogP contribution in [0.4, 0.5) is 6.01 Å². The fraction of sp³-hybridized carbons (Fsp3) is 0.143. The molecule has 10 heteroatoms. The van der Waals surface area contributed by atoms with Gasteiger partial charge in [-0.3, -0.25) is 9.59 Å². The highest BCUT2D eigenvalue weighted by Gasteiger charge is 2.17. The zero-order valence-electron chi connectivity index (χ0n) is 16.6. The van der Waals surface area contributed by atoms with Crippen LogP contribution in [0.5, 0.6) is 17.2 Å². The van der Waals surface area contributed by atoms with Gasteiger partial charge >= 0.3 is 5.97 Å². The molecule has 0 aliphatic heterocycles. The minimum atomic E-state index is -1.20. The molecule has 2 aromatic carbocycles. The molecule has 0 fully saturated rings. The molecule has 0 unspecified atom stereocenters. The molecule has 31 heavy (non-hydrogen) atoms. The number of nitrogens with zero attached hydrogens (tertiary/aromatic N) is 3. The molecule has 3 N–H and O–H groups in total. The summed E-state index contributed by atoms with van der Waals surface area (Å²) in [6, 6.07) is 10.7. The van der Waals surface area contributed by atoms with Crippen LogP contribution < -0.4 is 15.0 Å². The quantitative estimate of drug-likeness (QED) is 0.428. The fourth-order valence-corrected chi connectivity index (χ4v) is 2.94. The topological polar surface area (TPSA) is 138 Å². The maximum Gasteiger partial charge on any atom is 0.322 e. The van der Waals surface area contributed by atoms with Crippen LogP contribution in [0.25, 0.3) is 21.9 Å². The summed E-state index contributed by atoms with van der Waals surface area (Å²) in [5.74, 6) is -1.27. The molecule has 10 nitrogen and oxygen atoms in total. The Labute approximate surface area is 175 Å². The fourth-order valence-electron chi connectivity index (χ4n) is 2.94. The van der Waals surface area contributed by atoms with E-state index in [1.54, 1.807) is 41.3 Å². The lowest BCUT2D eigenvalue weighted by Gasteiger charge is -2.09. The highest BCUT2D eigenvalue weighted by atomic mass is 16.5. The van der Waals surface area contributed by atoms with Gasteiger partial charge in [0, 0.05) is 37.1 Å². The molecule has 0 saturated heterocycles. The standard InChI is InChI=1S/C21H18N4O6/c1-25(2)21-24-15-8-13(4-6-16(15)31-21)30-12-3-5-14-11(7-12)9-22-18(19(14)28)20(29)23-10-17(26)27/h3-9,28H,10H2,1-2H3,(H,23,29)(H,26,27). The lowest BCUT2D eigenvalue weighted by molar-refractivity contribution is -0.135. The van der Waals surface area contributed by atoms with E-state index >= 15 is 0 Å². The van der Waals surface area contributed by atoms with E-state index in [0.717, 1.165) is 0 Å². The average molecular weight is 422 g/mol. The number of rotatable bonds is 6. The molecule has 2 heterocycles. The Bertz CT molecular complexity index is 1310. The van der Waals surface area contributed by atoms with Crippen molar-refractivity contribution in [2.45, 2.75) is 0 Å². The van der Waals surface area contributed by atoms with Crippen LogP contribution in [0.2, 0.25) is 0 Å². The molecule has 0 spiro atoms. The second-order valence-corrected chi connectivity index (χ2v) is 6.90. The zero-order valence-corrected chi connectivity index (χ0v) is 16.6. The number of ether oxygens (including phenoxy) is 1. The Morgan fingerprint density at radius 1 is 1.16 bits per heavy atom. The number of hydrogen-bond donors (Lipinski definition) is 3. The third-order valence-electron chi connectivity index (χ3n) is 4.42. The number of nitrogens with one attached hydrogen (secondary N) is 1. The molecule has 0 aliphatic carbocycles. The van der Waals surface area contributed by atoms with Crippen molar-refractivity contribution in [3.8, 4) is 17.2 Å². The van der Waals surface area contributed by atoms with Gasteiger partial charge in [-0.05, 0) is 30.3 Å². The van der Waals surface area contributed by atoms with Gasteiger partial charge in [0.2, 0.25) is 0 Å². The summed E-state index contributed by atoms with van der Waals surface area (Å²) in [6.45, 7) is -0.573. The molecule has 0 radical (unpaired) electrons. The van der Waals surface area contributed by atoms with Gasteiger partial charge in [0.05, 0.1) is 0 Å². The minimum Gasteiger partial charge on any atom is -0.505 e. The molecule has 2 aromatic heterocycles. The van der Waals surface area contributed by atoms with Crippen molar-refractivity contribution >= 4 is 39.8 Å². The minimum absolute atomic E-state index is 0.254. The van der Waals surface area contributed by atoms with Gasteiger partial charge in [-0.2, -0.15) is 4.98 Å². The van der Waals surface area contributed by atoms with Gasteiger partial charge in [-0.1, -0.05) is 0 Å². The first kappa shape index (κ1) is 20.0. The van der Waals surface area contributed by atoms with Gasteiger partial charge in [-0.15, -0.1) is 0 Å². The molecule has 4 rings (SSSR count). The summed E-state index contributed by atoms with van der Waals surface area (Å²) in [6.07, 6.45) is 1.40. The highest BCUT2D eigenvalue weighted by molar-refractivity contribution is 6.02. The molecular formula is C21H18N4O6. The number of pyridine rings is 1. The Morgan fingerprint density at radius 2 is 1.90 bits per heavy atom. The number of amides is 1. The van der Waals surface area contributed by atoms with Gasteiger partial charge in [0.25, 0.3) is 11.9 Å². The van der Waals surface area contributed by atoms with Crippen LogP contribution in [-0.2, 0) is 4.79 Å². The van der Waals surface area contributed by atoms with Crippen LogP contribution in [0.1, 0.15) is 10.5 Å². The molecular weight excluding hydrogens is 404 g/mol. The molecule has 0 saturated carbocycles. The second kappa shape index (κ2) is 7.82. The normalized spacial score (nSPS) is 10.9. The number of aromatic hydroxyl groups is 1. The average Bonchev–Trinajstić information content (AvgIpc) is 3.16. The van der Waals surface area contributed by atoms with Crippen LogP contribution in [0.3, 0.4) is 0 Å². The molecule has 4 aromatic rings. The first-order valence-electron chi connectivity index (χ1n) is 9.19.